The van der Waals surface area contributed by atoms with Gasteiger partial charge in [-0.05, 0) is 20.3 Å². The molecule has 0 aromatic rings. The van der Waals surface area contributed by atoms with Crippen molar-refractivity contribution in [3.8, 4) is 0 Å². The number of nitrogens with zero attached hydrogens (tertiary/aromatic N) is 1. The summed E-state index contributed by atoms with van der Waals surface area (Å²) >= 11 is 0. The van der Waals surface area contributed by atoms with E-state index in [0.717, 1.165) is 39.1 Å². The summed E-state index contributed by atoms with van der Waals surface area (Å²) in [7, 11) is 0. The molecule has 1 saturated heterocycles. The van der Waals surface area contributed by atoms with Gasteiger partial charge >= 0.3 is 5.97 Å². The van der Waals surface area contributed by atoms with Crippen LogP contribution in [0.4, 0.5) is 0 Å². The Kier molecular flexibility index (Phi) is 5.92. The molecule has 17 heavy (non-hydrogen) atoms. The van der Waals surface area contributed by atoms with E-state index in [9.17, 15) is 4.79 Å². The van der Waals surface area contributed by atoms with Crippen molar-refractivity contribution in [3.63, 3.8) is 0 Å². The largest absolute Gasteiger partial charge is 0.466 e. The topological polar surface area (TPSA) is 38.8 Å². The summed E-state index contributed by atoms with van der Waals surface area (Å²) in [6.07, 6.45) is 2.58. The van der Waals surface area contributed by atoms with Gasteiger partial charge in [-0.1, -0.05) is 13.3 Å². The van der Waals surface area contributed by atoms with Crippen molar-refractivity contribution in [2.75, 3.05) is 32.9 Å². The van der Waals surface area contributed by atoms with Gasteiger partial charge in [-0.15, -0.1) is 0 Å². The molecule has 0 spiro atoms. The Labute approximate surface area is 104 Å². The van der Waals surface area contributed by atoms with Crippen LogP contribution in [0.15, 0.2) is 0 Å². The van der Waals surface area contributed by atoms with Crippen LogP contribution in [0.3, 0.4) is 0 Å². The summed E-state index contributed by atoms with van der Waals surface area (Å²) in [4.78, 5) is 14.1. The van der Waals surface area contributed by atoms with E-state index in [-0.39, 0.29) is 11.5 Å². The van der Waals surface area contributed by atoms with Gasteiger partial charge < -0.3 is 9.47 Å². The van der Waals surface area contributed by atoms with Gasteiger partial charge in [0.25, 0.3) is 0 Å². The average Bonchev–Trinajstić information content (AvgIpc) is 2.30. The van der Waals surface area contributed by atoms with Crippen LogP contribution in [0.2, 0.25) is 0 Å². The molecule has 0 saturated carbocycles. The second kappa shape index (κ2) is 6.97. The number of morpholine rings is 1. The van der Waals surface area contributed by atoms with Crippen molar-refractivity contribution in [2.45, 2.75) is 45.6 Å². The molecule has 0 N–H and O–H groups in total. The molecule has 0 amide bonds. The van der Waals surface area contributed by atoms with Crippen molar-refractivity contribution in [1.29, 1.82) is 0 Å². The standard InChI is InChI=1S/C13H25NO3/c1-4-6-13(3,11-12(15)17-5-2)14-7-9-16-10-8-14/h4-11H2,1-3H3. The molecule has 1 aliphatic rings. The smallest absolute Gasteiger partial charge is 0.307 e. The highest BCUT2D eigenvalue weighted by molar-refractivity contribution is 5.70. The summed E-state index contributed by atoms with van der Waals surface area (Å²) in [6.45, 7) is 9.99. The normalized spacial score (nSPS) is 20.9. The molecule has 0 bridgehead atoms. The molecule has 4 heteroatoms. The lowest BCUT2D eigenvalue weighted by molar-refractivity contribution is -0.147. The Balaban J connectivity index is 2.62. The Bertz CT molecular complexity index is 239. The lowest BCUT2D eigenvalue weighted by Gasteiger charge is -2.42. The second-order valence-electron chi connectivity index (χ2n) is 4.83. The van der Waals surface area contributed by atoms with Crippen LogP contribution in [0.5, 0.6) is 0 Å². The number of hydrogen-bond acceptors (Lipinski definition) is 4. The first-order valence-electron chi connectivity index (χ1n) is 6.61. The maximum Gasteiger partial charge on any atom is 0.307 e. The SMILES string of the molecule is CCCC(C)(CC(=O)OCC)N1CCOCC1. The quantitative estimate of drug-likeness (QED) is 0.667. The zero-order valence-electron chi connectivity index (χ0n) is 11.3. The van der Waals surface area contributed by atoms with Gasteiger partial charge in [0.05, 0.1) is 26.2 Å². The van der Waals surface area contributed by atoms with Crippen molar-refractivity contribution >= 4 is 5.97 Å². The molecular weight excluding hydrogens is 218 g/mol. The van der Waals surface area contributed by atoms with E-state index >= 15 is 0 Å². The first-order valence-corrected chi connectivity index (χ1v) is 6.61. The van der Waals surface area contributed by atoms with Gasteiger partial charge in [0, 0.05) is 18.6 Å². The summed E-state index contributed by atoms with van der Waals surface area (Å²) in [6, 6.07) is 0. The molecule has 1 aliphatic heterocycles. The number of hydrogen-bond donors (Lipinski definition) is 0. The number of rotatable bonds is 6. The zero-order valence-corrected chi connectivity index (χ0v) is 11.3. The molecule has 1 fully saturated rings. The second-order valence-corrected chi connectivity index (χ2v) is 4.83. The molecule has 1 heterocycles. The van der Waals surface area contributed by atoms with Crippen molar-refractivity contribution in [1.82, 2.24) is 4.90 Å². The van der Waals surface area contributed by atoms with Crippen molar-refractivity contribution < 1.29 is 14.3 Å². The summed E-state index contributed by atoms with van der Waals surface area (Å²) < 4.78 is 10.4. The summed E-state index contributed by atoms with van der Waals surface area (Å²) in [5, 5.41) is 0. The molecule has 4 nitrogen and oxygen atoms in total. The molecular formula is C13H25NO3. The third-order valence-electron chi connectivity index (χ3n) is 3.39. The minimum atomic E-state index is -0.0880. The molecule has 0 aliphatic carbocycles. The van der Waals surface area contributed by atoms with Gasteiger partial charge in [0.1, 0.15) is 0 Å². The third kappa shape index (κ3) is 4.28. The Morgan fingerprint density at radius 2 is 2.00 bits per heavy atom. The molecule has 0 aromatic heterocycles. The highest BCUT2D eigenvalue weighted by Crippen LogP contribution is 2.26. The van der Waals surface area contributed by atoms with Crippen molar-refractivity contribution in [3.05, 3.63) is 0 Å². The van der Waals surface area contributed by atoms with Gasteiger partial charge in [-0.3, -0.25) is 9.69 Å². The maximum atomic E-state index is 11.7. The minimum absolute atomic E-state index is 0.0786. The van der Waals surface area contributed by atoms with Crippen LogP contribution in [-0.4, -0.2) is 49.3 Å². The highest BCUT2D eigenvalue weighted by atomic mass is 16.5. The van der Waals surface area contributed by atoms with E-state index in [1.165, 1.54) is 0 Å². The van der Waals surface area contributed by atoms with Crippen LogP contribution in [0.25, 0.3) is 0 Å². The Morgan fingerprint density at radius 1 is 1.35 bits per heavy atom. The van der Waals surface area contributed by atoms with E-state index in [0.29, 0.717) is 13.0 Å². The van der Waals surface area contributed by atoms with Crippen LogP contribution in [0, 0.1) is 0 Å². The first kappa shape index (κ1) is 14.5. The first-order chi connectivity index (χ1) is 8.12. The Morgan fingerprint density at radius 3 is 2.53 bits per heavy atom. The summed E-state index contributed by atoms with van der Waals surface area (Å²) in [5.74, 6) is -0.0880. The molecule has 1 atom stereocenters. The fourth-order valence-corrected chi connectivity index (χ4v) is 2.52. The van der Waals surface area contributed by atoms with Gasteiger partial charge in [-0.2, -0.15) is 0 Å². The van der Waals surface area contributed by atoms with E-state index in [1.54, 1.807) is 0 Å². The lowest BCUT2D eigenvalue weighted by Crippen LogP contribution is -2.52. The zero-order chi connectivity index (χ0) is 12.7. The lowest BCUT2D eigenvalue weighted by atomic mass is 9.89. The molecule has 1 unspecified atom stereocenters. The molecule has 0 aromatic carbocycles. The minimum Gasteiger partial charge on any atom is -0.466 e. The maximum absolute atomic E-state index is 11.7. The monoisotopic (exact) mass is 243 g/mol. The van der Waals surface area contributed by atoms with E-state index < -0.39 is 0 Å². The van der Waals surface area contributed by atoms with Crippen LogP contribution >= 0.6 is 0 Å². The predicted molar refractivity (Wildman–Crippen MR) is 67.0 cm³/mol. The molecule has 100 valence electrons. The fourth-order valence-electron chi connectivity index (χ4n) is 2.52. The number of carbonyl (C=O) groups is 1. The van der Waals surface area contributed by atoms with Gasteiger partial charge in [-0.25, -0.2) is 0 Å². The summed E-state index contributed by atoms with van der Waals surface area (Å²) in [5.41, 5.74) is -0.0786. The van der Waals surface area contributed by atoms with E-state index in [2.05, 4.69) is 18.7 Å². The van der Waals surface area contributed by atoms with Gasteiger partial charge in [0.15, 0.2) is 0 Å². The number of carbonyl (C=O) groups excluding carboxylic acids is 1. The fraction of sp³-hybridized carbons (Fsp3) is 0.923. The number of esters is 1. The third-order valence-corrected chi connectivity index (χ3v) is 3.39. The van der Waals surface area contributed by atoms with E-state index in [4.69, 9.17) is 9.47 Å². The Hall–Kier alpha value is -0.610. The van der Waals surface area contributed by atoms with Crippen molar-refractivity contribution in [2.24, 2.45) is 0 Å². The average molecular weight is 243 g/mol. The van der Waals surface area contributed by atoms with Crippen LogP contribution in [0.1, 0.15) is 40.0 Å². The highest BCUT2D eigenvalue weighted by Gasteiger charge is 2.34. The van der Waals surface area contributed by atoms with E-state index in [1.807, 2.05) is 6.92 Å². The van der Waals surface area contributed by atoms with Crippen LogP contribution in [-0.2, 0) is 14.3 Å². The number of ether oxygens (including phenoxy) is 2. The van der Waals surface area contributed by atoms with Gasteiger partial charge in [0.2, 0.25) is 0 Å². The molecule has 0 radical (unpaired) electrons. The van der Waals surface area contributed by atoms with Crippen LogP contribution < -0.4 is 0 Å². The molecule has 1 rings (SSSR count). The predicted octanol–water partition coefficient (Wildman–Crippen LogP) is 1.83.